The summed E-state index contributed by atoms with van der Waals surface area (Å²) < 4.78 is 7.62. The van der Waals surface area contributed by atoms with Crippen molar-refractivity contribution in [3.63, 3.8) is 0 Å². The van der Waals surface area contributed by atoms with Crippen LogP contribution in [0.4, 0.5) is 0 Å². The molecular weight excluding hydrogens is 214 g/mol. The van der Waals surface area contributed by atoms with Gasteiger partial charge in [-0.25, -0.2) is 0 Å². The summed E-state index contributed by atoms with van der Waals surface area (Å²) in [6.45, 7) is 8.34. The van der Waals surface area contributed by atoms with Crippen LogP contribution in [-0.4, -0.2) is 29.5 Å². The molecule has 0 aliphatic carbocycles. The Bertz CT molecular complexity index is 393. The summed E-state index contributed by atoms with van der Waals surface area (Å²) in [4.78, 5) is 0. The van der Waals surface area contributed by atoms with Crippen LogP contribution in [-0.2, 0) is 11.3 Å². The van der Waals surface area contributed by atoms with Crippen LogP contribution in [0.15, 0.2) is 12.4 Å². The molecule has 1 aromatic rings. The maximum Gasteiger partial charge on any atom is 0.0553 e. The fraction of sp³-hybridized carbons (Fsp3) is 0.769. The molecule has 1 N–H and O–H groups in total. The van der Waals surface area contributed by atoms with Gasteiger partial charge in [-0.15, -0.1) is 0 Å². The fourth-order valence-corrected chi connectivity index (χ4v) is 2.96. The lowest BCUT2D eigenvalue weighted by molar-refractivity contribution is 0.0576. The van der Waals surface area contributed by atoms with E-state index >= 15 is 0 Å². The summed E-state index contributed by atoms with van der Waals surface area (Å²) in [5.41, 5.74) is 1.67. The molecule has 3 rings (SSSR count). The lowest BCUT2D eigenvalue weighted by atomic mass is 9.71. The number of ether oxygens (including phenoxy) is 1. The summed E-state index contributed by atoms with van der Waals surface area (Å²) in [7, 11) is 0. The smallest absolute Gasteiger partial charge is 0.0553 e. The molecular formula is C13H21N3O. The highest BCUT2D eigenvalue weighted by molar-refractivity contribution is 5.21. The predicted molar refractivity (Wildman–Crippen MR) is 65.7 cm³/mol. The van der Waals surface area contributed by atoms with Crippen LogP contribution < -0.4 is 5.32 Å². The quantitative estimate of drug-likeness (QED) is 0.864. The van der Waals surface area contributed by atoms with E-state index in [1.165, 1.54) is 12.0 Å². The Balaban J connectivity index is 1.74. The maximum atomic E-state index is 5.56. The summed E-state index contributed by atoms with van der Waals surface area (Å²) >= 11 is 0. The Labute approximate surface area is 102 Å². The van der Waals surface area contributed by atoms with Crippen molar-refractivity contribution >= 4 is 0 Å². The van der Waals surface area contributed by atoms with E-state index in [1.54, 1.807) is 0 Å². The Morgan fingerprint density at radius 3 is 3.12 bits per heavy atom. The minimum atomic E-state index is 0.353. The van der Waals surface area contributed by atoms with Crippen molar-refractivity contribution in [2.75, 3.05) is 19.8 Å². The molecule has 0 amide bonds. The van der Waals surface area contributed by atoms with Gasteiger partial charge in [-0.3, -0.25) is 4.68 Å². The van der Waals surface area contributed by atoms with E-state index in [-0.39, 0.29) is 0 Å². The van der Waals surface area contributed by atoms with Crippen LogP contribution in [0.1, 0.15) is 31.9 Å². The van der Waals surface area contributed by atoms with E-state index in [2.05, 4.69) is 35.1 Å². The van der Waals surface area contributed by atoms with Gasteiger partial charge >= 0.3 is 0 Å². The van der Waals surface area contributed by atoms with Crippen molar-refractivity contribution in [3.05, 3.63) is 18.0 Å². The van der Waals surface area contributed by atoms with Gasteiger partial charge < -0.3 is 10.1 Å². The SMILES string of the molecule is CC(C)Cn1cc([C@@H]2NC[C@@]23CCOC3)cn1. The Hall–Kier alpha value is -0.870. The molecule has 0 aromatic carbocycles. The third kappa shape index (κ3) is 1.89. The number of rotatable bonds is 3. The minimum absolute atomic E-state index is 0.353. The second kappa shape index (κ2) is 4.10. The summed E-state index contributed by atoms with van der Waals surface area (Å²) in [6, 6.07) is 0.450. The molecule has 2 aliphatic rings. The average molecular weight is 235 g/mol. The molecule has 0 bridgehead atoms. The standard InChI is InChI=1S/C13H21N3O/c1-10(2)6-16-7-11(5-15-16)12-13(8-14-12)3-4-17-9-13/h5,7,10,12,14H,3-4,6,8-9H2,1-2H3/t12-,13+/m0/s1. The van der Waals surface area contributed by atoms with E-state index in [9.17, 15) is 0 Å². The molecule has 2 atom stereocenters. The first kappa shape index (κ1) is 11.2. The van der Waals surface area contributed by atoms with Crippen molar-refractivity contribution < 1.29 is 4.74 Å². The summed E-state index contributed by atoms with van der Waals surface area (Å²) in [5, 5.41) is 7.98. The van der Waals surface area contributed by atoms with E-state index in [0.29, 0.717) is 17.4 Å². The van der Waals surface area contributed by atoms with Crippen molar-refractivity contribution in [3.8, 4) is 0 Å². The van der Waals surface area contributed by atoms with Crippen LogP contribution in [0.3, 0.4) is 0 Å². The molecule has 3 heterocycles. The van der Waals surface area contributed by atoms with Crippen molar-refractivity contribution in [2.24, 2.45) is 11.3 Å². The molecule has 4 heteroatoms. The number of hydrogen-bond donors (Lipinski definition) is 1. The summed E-state index contributed by atoms with van der Waals surface area (Å²) in [5.74, 6) is 0.640. The third-order valence-corrected chi connectivity index (χ3v) is 3.94. The first-order valence-electron chi connectivity index (χ1n) is 6.53. The van der Waals surface area contributed by atoms with E-state index in [4.69, 9.17) is 4.74 Å². The van der Waals surface area contributed by atoms with Gasteiger partial charge in [0.15, 0.2) is 0 Å². The Kier molecular flexibility index (Phi) is 2.71. The zero-order chi connectivity index (χ0) is 11.9. The first-order valence-corrected chi connectivity index (χ1v) is 6.53. The molecule has 2 aliphatic heterocycles. The van der Waals surface area contributed by atoms with Gasteiger partial charge in [0, 0.05) is 42.9 Å². The predicted octanol–water partition coefficient (Wildman–Crippen LogP) is 1.59. The number of nitrogens with zero attached hydrogens (tertiary/aromatic N) is 2. The van der Waals surface area contributed by atoms with Gasteiger partial charge in [-0.1, -0.05) is 13.8 Å². The molecule has 4 nitrogen and oxygen atoms in total. The summed E-state index contributed by atoms with van der Waals surface area (Å²) in [6.07, 6.45) is 5.39. The zero-order valence-corrected chi connectivity index (χ0v) is 10.6. The molecule has 1 spiro atoms. The molecule has 0 radical (unpaired) electrons. The van der Waals surface area contributed by atoms with E-state index in [0.717, 1.165) is 26.3 Å². The lowest BCUT2D eigenvalue weighted by Crippen LogP contribution is -2.56. The zero-order valence-electron chi connectivity index (χ0n) is 10.6. The normalized spacial score (nSPS) is 32.3. The highest BCUT2D eigenvalue weighted by atomic mass is 16.5. The molecule has 2 fully saturated rings. The van der Waals surface area contributed by atoms with Crippen LogP contribution >= 0.6 is 0 Å². The minimum Gasteiger partial charge on any atom is -0.381 e. The Morgan fingerprint density at radius 1 is 1.65 bits per heavy atom. The molecule has 0 saturated carbocycles. The first-order chi connectivity index (χ1) is 8.20. The number of aromatic nitrogens is 2. The van der Waals surface area contributed by atoms with Crippen molar-refractivity contribution in [2.45, 2.75) is 32.9 Å². The van der Waals surface area contributed by atoms with Crippen LogP contribution in [0.25, 0.3) is 0 Å². The molecule has 1 aromatic heterocycles. The fourth-order valence-electron chi connectivity index (χ4n) is 2.96. The van der Waals surface area contributed by atoms with Crippen LogP contribution in [0, 0.1) is 11.3 Å². The monoisotopic (exact) mass is 235 g/mol. The number of nitrogens with one attached hydrogen (secondary N) is 1. The highest BCUT2D eigenvalue weighted by Gasteiger charge is 2.50. The molecule has 0 unspecified atom stereocenters. The van der Waals surface area contributed by atoms with Crippen molar-refractivity contribution in [1.29, 1.82) is 0 Å². The topological polar surface area (TPSA) is 39.1 Å². The van der Waals surface area contributed by atoms with Gasteiger partial charge in [-0.2, -0.15) is 5.10 Å². The molecule has 2 saturated heterocycles. The molecule has 17 heavy (non-hydrogen) atoms. The van der Waals surface area contributed by atoms with Crippen LogP contribution in [0.2, 0.25) is 0 Å². The van der Waals surface area contributed by atoms with E-state index in [1.807, 2.05) is 6.20 Å². The Morgan fingerprint density at radius 2 is 2.53 bits per heavy atom. The van der Waals surface area contributed by atoms with Gasteiger partial charge in [0.25, 0.3) is 0 Å². The largest absolute Gasteiger partial charge is 0.381 e. The highest BCUT2D eigenvalue weighted by Crippen LogP contribution is 2.46. The second-order valence-corrected chi connectivity index (χ2v) is 5.87. The van der Waals surface area contributed by atoms with Crippen molar-refractivity contribution in [1.82, 2.24) is 15.1 Å². The average Bonchev–Trinajstić information content (AvgIpc) is 2.85. The second-order valence-electron chi connectivity index (χ2n) is 5.87. The molecule has 94 valence electrons. The van der Waals surface area contributed by atoms with Gasteiger partial charge in [0.05, 0.1) is 12.8 Å². The van der Waals surface area contributed by atoms with Crippen LogP contribution in [0.5, 0.6) is 0 Å². The lowest BCUT2D eigenvalue weighted by Gasteiger charge is -2.46. The third-order valence-electron chi connectivity index (χ3n) is 3.94. The van der Waals surface area contributed by atoms with Gasteiger partial charge in [-0.05, 0) is 12.3 Å². The van der Waals surface area contributed by atoms with E-state index < -0.39 is 0 Å². The number of hydrogen-bond acceptors (Lipinski definition) is 3. The maximum absolute atomic E-state index is 5.56. The van der Waals surface area contributed by atoms with Gasteiger partial charge in [0.1, 0.15) is 0 Å². The van der Waals surface area contributed by atoms with Gasteiger partial charge in [0.2, 0.25) is 0 Å².